The summed E-state index contributed by atoms with van der Waals surface area (Å²) in [4.78, 5) is 11.5. The van der Waals surface area contributed by atoms with Gasteiger partial charge in [0.15, 0.2) is 0 Å². The largest absolute Gasteiger partial charge is 0.405 e. The fourth-order valence-corrected chi connectivity index (χ4v) is 3.97. The molecule has 1 aromatic carbocycles. The van der Waals surface area contributed by atoms with Gasteiger partial charge in [-0.05, 0) is 37.0 Å². The van der Waals surface area contributed by atoms with Gasteiger partial charge in [0.25, 0.3) is 0 Å². The van der Waals surface area contributed by atoms with Crippen LogP contribution in [0.5, 0.6) is 0 Å². The molecule has 0 atom stereocenters. The molecule has 24 heavy (non-hydrogen) atoms. The third-order valence-corrected chi connectivity index (χ3v) is 5.67. The maximum Gasteiger partial charge on any atom is 0.405 e. The van der Waals surface area contributed by atoms with Crippen molar-refractivity contribution in [1.82, 2.24) is 9.62 Å². The molecule has 0 saturated carbocycles. The van der Waals surface area contributed by atoms with Gasteiger partial charge < -0.3 is 5.32 Å². The lowest BCUT2D eigenvalue weighted by atomic mass is 10.1. The van der Waals surface area contributed by atoms with Crippen molar-refractivity contribution in [3.8, 4) is 0 Å². The summed E-state index contributed by atoms with van der Waals surface area (Å²) in [5.41, 5.74) is 0.692. The van der Waals surface area contributed by atoms with Crippen LogP contribution in [0.2, 0.25) is 0 Å². The smallest absolute Gasteiger partial charge is 0.347 e. The monoisotopic (exact) mass is 364 g/mol. The van der Waals surface area contributed by atoms with Crippen molar-refractivity contribution in [2.75, 3.05) is 19.6 Å². The van der Waals surface area contributed by atoms with Gasteiger partial charge in [-0.15, -0.1) is 0 Å². The molecule has 1 heterocycles. The van der Waals surface area contributed by atoms with E-state index in [2.05, 4.69) is 0 Å². The molecule has 1 N–H and O–H groups in total. The molecule has 0 radical (unpaired) electrons. The van der Waals surface area contributed by atoms with Crippen LogP contribution in [-0.2, 0) is 21.2 Å². The second-order valence-corrected chi connectivity index (χ2v) is 7.58. The van der Waals surface area contributed by atoms with Crippen LogP contribution in [0.15, 0.2) is 29.2 Å². The van der Waals surface area contributed by atoms with Crippen LogP contribution in [0.1, 0.15) is 24.8 Å². The molecular weight excluding hydrogens is 345 g/mol. The molecule has 2 rings (SSSR count). The van der Waals surface area contributed by atoms with Gasteiger partial charge in [0, 0.05) is 19.5 Å². The van der Waals surface area contributed by atoms with Gasteiger partial charge in [0.2, 0.25) is 15.9 Å². The van der Waals surface area contributed by atoms with Gasteiger partial charge >= 0.3 is 6.18 Å². The zero-order valence-electron chi connectivity index (χ0n) is 13.0. The van der Waals surface area contributed by atoms with E-state index in [1.54, 1.807) is 17.4 Å². The van der Waals surface area contributed by atoms with E-state index in [0.29, 0.717) is 18.7 Å². The highest BCUT2D eigenvalue weighted by Gasteiger charge is 2.28. The number of hydrogen-bond donors (Lipinski definition) is 1. The molecule has 9 heteroatoms. The number of aryl methyl sites for hydroxylation is 1. The Balaban J connectivity index is 1.89. The Morgan fingerprint density at radius 2 is 1.71 bits per heavy atom. The number of nitrogens with one attached hydrogen (secondary N) is 1. The molecule has 0 spiro atoms. The first-order valence-corrected chi connectivity index (χ1v) is 9.05. The van der Waals surface area contributed by atoms with Crippen LogP contribution in [0.3, 0.4) is 0 Å². The maximum atomic E-state index is 12.3. The first-order valence-electron chi connectivity index (χ1n) is 7.61. The predicted octanol–water partition coefficient (Wildman–Crippen LogP) is 2.08. The zero-order chi connectivity index (χ0) is 17.8. The summed E-state index contributed by atoms with van der Waals surface area (Å²) in [6.45, 7) is -0.314. The summed E-state index contributed by atoms with van der Waals surface area (Å²) in [6, 6.07) is 6.10. The fourth-order valence-electron chi connectivity index (χ4n) is 2.45. The predicted molar refractivity (Wildman–Crippen MR) is 81.8 cm³/mol. The zero-order valence-corrected chi connectivity index (χ0v) is 13.8. The molecule has 1 saturated heterocycles. The molecule has 0 bridgehead atoms. The number of halogens is 3. The van der Waals surface area contributed by atoms with E-state index in [0.717, 1.165) is 12.8 Å². The Hall–Kier alpha value is -1.61. The second kappa shape index (κ2) is 7.52. The van der Waals surface area contributed by atoms with Crippen molar-refractivity contribution in [2.45, 2.75) is 36.8 Å². The van der Waals surface area contributed by atoms with Crippen molar-refractivity contribution in [2.24, 2.45) is 0 Å². The molecule has 5 nitrogen and oxygen atoms in total. The third kappa shape index (κ3) is 5.20. The van der Waals surface area contributed by atoms with Crippen LogP contribution in [0.25, 0.3) is 0 Å². The number of rotatable bonds is 6. The normalized spacial score (nSPS) is 16.3. The van der Waals surface area contributed by atoms with E-state index in [4.69, 9.17) is 0 Å². The van der Waals surface area contributed by atoms with Gasteiger partial charge in [-0.25, -0.2) is 8.42 Å². The average Bonchev–Trinajstić information content (AvgIpc) is 3.06. The lowest BCUT2D eigenvalue weighted by molar-refractivity contribution is -0.138. The van der Waals surface area contributed by atoms with Crippen molar-refractivity contribution in [3.05, 3.63) is 29.8 Å². The minimum absolute atomic E-state index is 0.0890. The molecule has 1 fully saturated rings. The molecule has 0 aromatic heterocycles. The number of amides is 1. The van der Waals surface area contributed by atoms with E-state index in [1.807, 2.05) is 0 Å². The summed E-state index contributed by atoms with van der Waals surface area (Å²) in [5.74, 6) is -0.693. The molecule has 0 aliphatic carbocycles. The summed E-state index contributed by atoms with van der Waals surface area (Å²) >= 11 is 0. The second-order valence-electron chi connectivity index (χ2n) is 5.65. The van der Waals surface area contributed by atoms with Crippen molar-refractivity contribution in [3.63, 3.8) is 0 Å². The average molecular weight is 364 g/mol. The third-order valence-electron chi connectivity index (χ3n) is 3.75. The first-order chi connectivity index (χ1) is 11.2. The van der Waals surface area contributed by atoms with Crippen molar-refractivity contribution >= 4 is 15.9 Å². The number of sulfonamides is 1. The highest BCUT2D eigenvalue weighted by Crippen LogP contribution is 2.21. The van der Waals surface area contributed by atoms with Crippen LogP contribution in [0, 0.1) is 0 Å². The molecule has 1 aliphatic heterocycles. The summed E-state index contributed by atoms with van der Waals surface area (Å²) in [6.07, 6.45) is -2.57. The van der Waals surface area contributed by atoms with Gasteiger partial charge in [-0.1, -0.05) is 12.1 Å². The number of carbonyl (C=O) groups excluding carboxylic acids is 1. The van der Waals surface area contributed by atoms with E-state index >= 15 is 0 Å². The first kappa shape index (κ1) is 18.7. The maximum absolute atomic E-state index is 12.3. The Labute approximate surface area is 138 Å². The Bertz CT molecular complexity index is 666. The highest BCUT2D eigenvalue weighted by atomic mass is 32.2. The molecule has 1 aromatic rings. The lowest BCUT2D eigenvalue weighted by Crippen LogP contribution is -2.33. The van der Waals surface area contributed by atoms with Crippen LogP contribution in [0.4, 0.5) is 13.2 Å². The van der Waals surface area contributed by atoms with Gasteiger partial charge in [0.1, 0.15) is 6.54 Å². The van der Waals surface area contributed by atoms with E-state index < -0.39 is 28.7 Å². The van der Waals surface area contributed by atoms with E-state index in [1.165, 1.54) is 16.4 Å². The SMILES string of the molecule is O=C(CCc1ccc(S(=O)(=O)N2CCCC2)cc1)NCC(F)(F)F. The topological polar surface area (TPSA) is 66.5 Å². The molecule has 1 aliphatic rings. The van der Waals surface area contributed by atoms with Crippen molar-refractivity contribution in [1.29, 1.82) is 0 Å². The Kier molecular flexibility index (Phi) is 5.87. The Morgan fingerprint density at radius 1 is 1.12 bits per heavy atom. The van der Waals surface area contributed by atoms with Gasteiger partial charge in [-0.2, -0.15) is 17.5 Å². The van der Waals surface area contributed by atoms with E-state index in [-0.39, 0.29) is 17.7 Å². The standard InChI is InChI=1S/C15H19F3N2O3S/c16-15(17,18)11-19-14(21)8-5-12-3-6-13(7-4-12)24(22,23)20-9-1-2-10-20/h3-4,6-7H,1-2,5,8-11H2,(H,19,21). The minimum atomic E-state index is -4.43. The number of hydrogen-bond acceptors (Lipinski definition) is 3. The van der Waals surface area contributed by atoms with Crippen LogP contribution < -0.4 is 5.32 Å². The summed E-state index contributed by atoms with van der Waals surface area (Å²) in [7, 11) is -3.48. The molecular formula is C15H19F3N2O3S. The molecule has 0 unspecified atom stereocenters. The number of benzene rings is 1. The van der Waals surface area contributed by atoms with E-state index in [9.17, 15) is 26.4 Å². The van der Waals surface area contributed by atoms with Crippen molar-refractivity contribution < 1.29 is 26.4 Å². The Morgan fingerprint density at radius 3 is 2.25 bits per heavy atom. The molecule has 1 amide bonds. The molecule has 134 valence electrons. The van der Waals surface area contributed by atoms with Gasteiger partial charge in [0.05, 0.1) is 4.90 Å². The quantitative estimate of drug-likeness (QED) is 0.841. The summed E-state index contributed by atoms with van der Waals surface area (Å²) in [5, 5.41) is 1.80. The van der Waals surface area contributed by atoms with Crippen LogP contribution >= 0.6 is 0 Å². The van der Waals surface area contributed by atoms with Gasteiger partial charge in [-0.3, -0.25) is 4.79 Å². The van der Waals surface area contributed by atoms with Crippen LogP contribution in [-0.4, -0.2) is 44.4 Å². The lowest BCUT2D eigenvalue weighted by Gasteiger charge is -2.15. The summed E-state index contributed by atoms with van der Waals surface area (Å²) < 4.78 is 62.1. The number of carbonyl (C=O) groups is 1. The fraction of sp³-hybridized carbons (Fsp3) is 0.533. The highest BCUT2D eigenvalue weighted by molar-refractivity contribution is 7.89. The minimum Gasteiger partial charge on any atom is -0.347 e. The number of alkyl halides is 3. The number of nitrogens with zero attached hydrogens (tertiary/aromatic N) is 1.